The molecule has 4 aromatic rings. The summed E-state index contributed by atoms with van der Waals surface area (Å²) in [6.07, 6.45) is -1.75. The van der Waals surface area contributed by atoms with Gasteiger partial charge in [0.1, 0.15) is 24.8 Å². The molecule has 3 heterocycles. The van der Waals surface area contributed by atoms with Crippen molar-refractivity contribution in [3.05, 3.63) is 95.7 Å². The van der Waals surface area contributed by atoms with Gasteiger partial charge in [0, 0.05) is 11.8 Å². The molecule has 1 fully saturated rings. The van der Waals surface area contributed by atoms with Crippen molar-refractivity contribution in [2.45, 2.75) is 63.3 Å². The highest BCUT2D eigenvalue weighted by Gasteiger charge is 2.64. The van der Waals surface area contributed by atoms with Gasteiger partial charge in [-0.1, -0.05) is 68.8 Å². The van der Waals surface area contributed by atoms with Crippen LogP contribution in [0, 0.1) is 5.41 Å². The van der Waals surface area contributed by atoms with Crippen LogP contribution in [0.3, 0.4) is 0 Å². The van der Waals surface area contributed by atoms with Crippen molar-refractivity contribution >= 4 is 29.6 Å². The van der Waals surface area contributed by atoms with E-state index in [2.05, 4.69) is 15.1 Å². The first-order valence-electron chi connectivity index (χ1n) is 15.5. The summed E-state index contributed by atoms with van der Waals surface area (Å²) >= 11 is 6.49. The minimum Gasteiger partial charge on any atom is -0.447 e. The van der Waals surface area contributed by atoms with Gasteiger partial charge < -0.3 is 15.8 Å². The van der Waals surface area contributed by atoms with E-state index in [9.17, 15) is 22.8 Å². The molecule has 2 atom stereocenters. The Hall–Kier alpha value is -4.98. The van der Waals surface area contributed by atoms with Crippen LogP contribution in [0.25, 0.3) is 16.9 Å². The topological polar surface area (TPSA) is 141 Å². The number of nitrogens with one attached hydrogen (secondary N) is 1. The molecule has 0 radical (unpaired) electrons. The molecule has 49 heavy (non-hydrogen) atoms. The smallest absolute Gasteiger partial charge is 0.411 e. The molecule has 256 valence electrons. The summed E-state index contributed by atoms with van der Waals surface area (Å²) in [6.45, 7) is 5.37. The molecule has 1 saturated carbocycles. The second kappa shape index (κ2) is 12.5. The predicted octanol–water partition coefficient (Wildman–Crippen LogP) is 6.33. The number of aliphatic imine (C=N–C) groups is 1. The second-order valence-electron chi connectivity index (χ2n) is 13.4. The Kier molecular flexibility index (Phi) is 8.63. The Morgan fingerprint density at radius 1 is 1.10 bits per heavy atom. The first-order chi connectivity index (χ1) is 23.1. The maximum Gasteiger partial charge on any atom is 0.411 e. The summed E-state index contributed by atoms with van der Waals surface area (Å²) in [6, 6.07) is 16.6. The normalized spacial score (nSPS) is 19.4. The monoisotopic (exact) mass is 694 g/mol. The van der Waals surface area contributed by atoms with Gasteiger partial charge in [-0.3, -0.25) is 14.7 Å². The molecule has 15 heteroatoms. The fourth-order valence-corrected chi connectivity index (χ4v) is 6.28. The lowest BCUT2D eigenvalue weighted by atomic mass is 9.75. The van der Waals surface area contributed by atoms with Crippen LogP contribution in [-0.2, 0) is 15.1 Å². The predicted molar refractivity (Wildman–Crippen MR) is 176 cm³/mol. The van der Waals surface area contributed by atoms with Crippen LogP contribution in [0.2, 0.25) is 5.02 Å². The summed E-state index contributed by atoms with van der Waals surface area (Å²) in [5.41, 5.74) is 5.32. The largest absolute Gasteiger partial charge is 0.447 e. The Morgan fingerprint density at radius 3 is 2.43 bits per heavy atom. The van der Waals surface area contributed by atoms with E-state index in [4.69, 9.17) is 27.1 Å². The standard InChI is InChI=1S/C34H34ClF3N8O3/c1-31(2,3)18-33(23-10-7-21(8-11-23)25-6-4-5-15-41-25)28(47)46(29(39)43-33)27(17-49-30(48)44-32(13-14-32)34(36,37)38)22-9-12-24(35)26(16-22)45-20-40-19-42-45/h4-12,15-16,19-20,27H,13-14,17-18H2,1-3H3,(H2,39,43)(H,44,48)/t27?,33-/m1/s1. The highest BCUT2D eigenvalue weighted by atomic mass is 35.5. The molecule has 0 saturated heterocycles. The van der Waals surface area contributed by atoms with Gasteiger partial charge in [0.05, 0.1) is 22.4 Å². The minimum atomic E-state index is -4.64. The van der Waals surface area contributed by atoms with Gasteiger partial charge in [-0.25, -0.2) is 19.5 Å². The van der Waals surface area contributed by atoms with E-state index in [1.165, 1.54) is 22.2 Å². The number of pyridine rings is 1. The van der Waals surface area contributed by atoms with Gasteiger partial charge in [-0.2, -0.15) is 18.3 Å². The number of ether oxygens (including phenoxy) is 1. The average molecular weight is 695 g/mol. The number of guanidine groups is 1. The van der Waals surface area contributed by atoms with Crippen LogP contribution in [0.15, 0.2) is 84.5 Å². The van der Waals surface area contributed by atoms with Crippen molar-refractivity contribution in [3.63, 3.8) is 0 Å². The zero-order valence-electron chi connectivity index (χ0n) is 26.9. The van der Waals surface area contributed by atoms with Crippen LogP contribution in [0.1, 0.15) is 57.2 Å². The average Bonchev–Trinajstić information content (AvgIpc) is 3.55. The highest BCUT2D eigenvalue weighted by Crippen LogP contribution is 2.49. The van der Waals surface area contributed by atoms with E-state index in [0.29, 0.717) is 21.8 Å². The first-order valence-corrected chi connectivity index (χ1v) is 15.9. The molecule has 2 aromatic heterocycles. The fraction of sp³-hybridized carbons (Fsp3) is 0.353. The third-order valence-corrected chi connectivity index (χ3v) is 8.89. The molecule has 2 aliphatic rings. The number of benzene rings is 2. The van der Waals surface area contributed by atoms with E-state index < -0.39 is 47.3 Å². The van der Waals surface area contributed by atoms with Crippen LogP contribution in [-0.4, -0.2) is 60.9 Å². The SMILES string of the molecule is CC(C)(C)C[C@]1(c2ccc(-c3ccccn3)cc2)N=C(N)N(C(COC(=O)NC2(C(F)(F)F)CC2)c2ccc(Cl)c(-n3cncn3)c2)C1=O. The number of carbonyl (C=O) groups is 2. The minimum absolute atomic E-state index is 0.150. The van der Waals surface area contributed by atoms with Crippen LogP contribution < -0.4 is 11.1 Å². The summed E-state index contributed by atoms with van der Waals surface area (Å²) in [5, 5.41) is 6.40. The van der Waals surface area contributed by atoms with Crippen molar-refractivity contribution in [3.8, 4) is 16.9 Å². The van der Waals surface area contributed by atoms with Crippen LogP contribution in [0.4, 0.5) is 18.0 Å². The number of hydrogen-bond donors (Lipinski definition) is 2. The quantitative estimate of drug-likeness (QED) is 0.209. The van der Waals surface area contributed by atoms with Crippen LogP contribution >= 0.6 is 11.6 Å². The maximum atomic E-state index is 14.8. The van der Waals surface area contributed by atoms with Crippen molar-refractivity contribution in [2.24, 2.45) is 16.1 Å². The Bertz CT molecular complexity index is 1880. The van der Waals surface area contributed by atoms with Crippen molar-refractivity contribution in [1.82, 2.24) is 30.0 Å². The van der Waals surface area contributed by atoms with Gasteiger partial charge in [0.15, 0.2) is 11.5 Å². The highest BCUT2D eigenvalue weighted by molar-refractivity contribution is 6.32. The van der Waals surface area contributed by atoms with Crippen molar-refractivity contribution < 1.29 is 27.5 Å². The fourth-order valence-electron chi connectivity index (χ4n) is 6.08. The summed E-state index contributed by atoms with van der Waals surface area (Å²) in [7, 11) is 0. The third-order valence-electron chi connectivity index (χ3n) is 8.57. The number of aromatic nitrogens is 4. The van der Waals surface area contributed by atoms with E-state index in [-0.39, 0.29) is 25.2 Å². The number of nitrogens with zero attached hydrogens (tertiary/aromatic N) is 6. The van der Waals surface area contributed by atoms with Gasteiger partial charge >= 0.3 is 12.3 Å². The van der Waals surface area contributed by atoms with E-state index >= 15 is 0 Å². The van der Waals surface area contributed by atoms with Crippen LogP contribution in [0.5, 0.6) is 0 Å². The van der Waals surface area contributed by atoms with Gasteiger partial charge in [-0.15, -0.1) is 0 Å². The maximum absolute atomic E-state index is 14.8. The van der Waals surface area contributed by atoms with E-state index in [0.717, 1.165) is 11.3 Å². The molecule has 0 spiro atoms. The summed E-state index contributed by atoms with van der Waals surface area (Å²) < 4.78 is 47.6. The van der Waals surface area contributed by atoms with Gasteiger partial charge in [-0.05, 0) is 60.1 Å². The zero-order valence-corrected chi connectivity index (χ0v) is 27.7. The first kappa shape index (κ1) is 33.9. The molecule has 1 unspecified atom stereocenters. The number of nitrogens with two attached hydrogens (primary N) is 1. The third kappa shape index (κ3) is 6.69. The molecule has 2 amide bonds. The van der Waals surface area contributed by atoms with Gasteiger partial charge in [0.2, 0.25) is 0 Å². The Morgan fingerprint density at radius 2 is 1.84 bits per heavy atom. The lowest BCUT2D eigenvalue weighted by Crippen LogP contribution is -2.50. The Balaban J connectivity index is 1.38. The summed E-state index contributed by atoms with van der Waals surface area (Å²) in [5.74, 6) is -0.644. The number of alkyl carbamates (subject to hydrolysis) is 1. The van der Waals surface area contributed by atoms with Crippen molar-refractivity contribution in [2.75, 3.05) is 6.61 Å². The number of alkyl halides is 3. The van der Waals surface area contributed by atoms with Gasteiger partial charge in [0.25, 0.3) is 5.91 Å². The van der Waals surface area contributed by atoms with E-state index in [1.807, 2.05) is 68.6 Å². The van der Waals surface area contributed by atoms with E-state index in [1.54, 1.807) is 24.4 Å². The number of halogens is 4. The molecule has 3 N–H and O–H groups in total. The molecule has 1 aliphatic carbocycles. The number of rotatable bonds is 9. The summed E-state index contributed by atoms with van der Waals surface area (Å²) in [4.78, 5) is 42.0. The Labute approximate surface area is 285 Å². The molecule has 1 aliphatic heterocycles. The molecular formula is C34H34ClF3N8O3. The molecule has 11 nitrogen and oxygen atoms in total. The molecule has 2 aromatic carbocycles. The molecule has 0 bridgehead atoms. The molecular weight excluding hydrogens is 661 g/mol. The van der Waals surface area contributed by atoms with Crippen molar-refractivity contribution in [1.29, 1.82) is 0 Å². The second-order valence-corrected chi connectivity index (χ2v) is 13.8. The zero-order chi connectivity index (χ0) is 35.2. The number of hydrogen-bond acceptors (Lipinski definition) is 8. The lowest BCUT2D eigenvalue weighted by Gasteiger charge is -2.35. The number of carbonyl (C=O) groups excluding carboxylic acids is 2. The number of amides is 2. The lowest BCUT2D eigenvalue weighted by molar-refractivity contribution is -0.164. The molecule has 6 rings (SSSR count).